The van der Waals surface area contributed by atoms with Gasteiger partial charge in [-0.3, -0.25) is 4.79 Å². The fourth-order valence-corrected chi connectivity index (χ4v) is 2.73. The number of carbonyl (C=O) groups excluding carboxylic acids is 1. The Bertz CT molecular complexity index is 727. The maximum absolute atomic E-state index is 12.4. The average Bonchev–Trinajstić information content (AvgIpc) is 2.62. The maximum Gasteiger partial charge on any atom is 0.256 e. The van der Waals surface area contributed by atoms with E-state index in [2.05, 4.69) is 15.2 Å². The number of benzene rings is 1. The van der Waals surface area contributed by atoms with E-state index in [9.17, 15) is 4.79 Å². The fraction of sp³-hybridized carbons (Fsp3) is 0.389. The zero-order chi connectivity index (χ0) is 16.9. The first-order valence-corrected chi connectivity index (χ1v) is 8.24. The van der Waals surface area contributed by atoms with E-state index in [0.29, 0.717) is 37.0 Å². The summed E-state index contributed by atoms with van der Waals surface area (Å²) in [6, 6.07) is 8.05. The summed E-state index contributed by atoms with van der Waals surface area (Å²) in [7, 11) is 0. The molecule has 6 nitrogen and oxygen atoms in total. The minimum absolute atomic E-state index is 0.144. The van der Waals surface area contributed by atoms with Crippen molar-refractivity contribution < 1.29 is 9.53 Å². The third kappa shape index (κ3) is 3.54. The van der Waals surface area contributed by atoms with Gasteiger partial charge in [-0.25, -0.2) is 9.97 Å². The van der Waals surface area contributed by atoms with E-state index in [1.54, 1.807) is 6.20 Å². The number of nitrogens with one attached hydrogen (secondary N) is 1. The first-order valence-electron chi connectivity index (χ1n) is 8.24. The van der Waals surface area contributed by atoms with Crippen molar-refractivity contribution in [3.8, 4) is 11.4 Å². The average molecular weight is 326 g/mol. The highest BCUT2D eigenvalue weighted by atomic mass is 16.5. The van der Waals surface area contributed by atoms with Gasteiger partial charge in [-0.15, -0.1) is 0 Å². The monoisotopic (exact) mass is 326 g/mol. The number of amides is 1. The number of hydrogen-bond donors (Lipinski definition) is 1. The van der Waals surface area contributed by atoms with Crippen molar-refractivity contribution in [1.82, 2.24) is 15.3 Å². The Morgan fingerprint density at radius 3 is 2.83 bits per heavy atom. The van der Waals surface area contributed by atoms with Crippen LogP contribution in [0.3, 0.4) is 0 Å². The molecule has 6 heteroatoms. The van der Waals surface area contributed by atoms with Crippen LogP contribution in [-0.4, -0.2) is 48.7 Å². The molecule has 1 aliphatic heterocycles. The number of anilines is 1. The van der Waals surface area contributed by atoms with Crippen LogP contribution in [0.4, 0.5) is 5.82 Å². The summed E-state index contributed by atoms with van der Waals surface area (Å²) in [6.07, 6.45) is 1.63. The van der Waals surface area contributed by atoms with Gasteiger partial charge in [-0.05, 0) is 19.9 Å². The number of nitrogens with zero attached hydrogens (tertiary/aromatic N) is 3. The van der Waals surface area contributed by atoms with Gasteiger partial charge in [0.2, 0.25) is 0 Å². The van der Waals surface area contributed by atoms with Crippen LogP contribution in [0.15, 0.2) is 30.5 Å². The van der Waals surface area contributed by atoms with Crippen LogP contribution in [0.5, 0.6) is 0 Å². The zero-order valence-electron chi connectivity index (χ0n) is 14.1. The van der Waals surface area contributed by atoms with Crippen molar-refractivity contribution in [2.45, 2.75) is 13.8 Å². The lowest BCUT2D eigenvalue weighted by Gasteiger charge is -2.29. The van der Waals surface area contributed by atoms with Crippen molar-refractivity contribution in [1.29, 1.82) is 0 Å². The second-order valence-electron chi connectivity index (χ2n) is 5.76. The van der Waals surface area contributed by atoms with Crippen molar-refractivity contribution in [3.63, 3.8) is 0 Å². The highest BCUT2D eigenvalue weighted by Gasteiger charge is 2.21. The molecule has 1 N–H and O–H groups in total. The van der Waals surface area contributed by atoms with Crippen molar-refractivity contribution in [3.05, 3.63) is 41.6 Å². The molecule has 0 atom stereocenters. The number of morpholine rings is 1. The molecular weight excluding hydrogens is 304 g/mol. The summed E-state index contributed by atoms with van der Waals surface area (Å²) in [5.74, 6) is 1.17. The Morgan fingerprint density at radius 1 is 1.33 bits per heavy atom. The van der Waals surface area contributed by atoms with E-state index in [-0.39, 0.29) is 5.91 Å². The summed E-state index contributed by atoms with van der Waals surface area (Å²) >= 11 is 0. The van der Waals surface area contributed by atoms with Crippen LogP contribution in [0.2, 0.25) is 0 Å². The molecule has 126 valence electrons. The molecular formula is C18H22N4O2. The Hall–Kier alpha value is -2.47. The number of aromatic nitrogens is 2. The summed E-state index contributed by atoms with van der Waals surface area (Å²) in [5.41, 5.74) is 2.61. The van der Waals surface area contributed by atoms with E-state index in [0.717, 1.165) is 24.2 Å². The van der Waals surface area contributed by atoms with Crippen LogP contribution in [0, 0.1) is 6.92 Å². The molecule has 0 spiro atoms. The summed E-state index contributed by atoms with van der Waals surface area (Å²) in [6.45, 7) is 7.22. The quantitative estimate of drug-likeness (QED) is 0.931. The van der Waals surface area contributed by atoms with Gasteiger partial charge >= 0.3 is 0 Å². The predicted octanol–water partition coefficient (Wildman–Crippen LogP) is 2.04. The largest absolute Gasteiger partial charge is 0.378 e. The molecule has 0 unspecified atom stereocenters. The van der Waals surface area contributed by atoms with Crippen LogP contribution in [0.1, 0.15) is 22.8 Å². The normalized spacial score (nSPS) is 14.5. The van der Waals surface area contributed by atoms with E-state index >= 15 is 0 Å². The minimum Gasteiger partial charge on any atom is -0.378 e. The van der Waals surface area contributed by atoms with E-state index < -0.39 is 0 Å². The van der Waals surface area contributed by atoms with Crippen molar-refractivity contribution in [2.24, 2.45) is 0 Å². The first kappa shape index (κ1) is 16.4. The Morgan fingerprint density at radius 2 is 2.12 bits per heavy atom. The number of carbonyl (C=O) groups is 1. The lowest BCUT2D eigenvalue weighted by Crippen LogP contribution is -2.38. The number of aryl methyl sites for hydroxylation is 1. The Labute approximate surface area is 141 Å². The molecule has 3 rings (SSSR count). The SMILES string of the molecule is CCNC(=O)c1cnc(-c2cccc(C)c2)nc1N1CCOCC1. The summed E-state index contributed by atoms with van der Waals surface area (Å²) in [4.78, 5) is 23.6. The molecule has 0 aliphatic carbocycles. The van der Waals surface area contributed by atoms with E-state index in [4.69, 9.17) is 9.72 Å². The highest BCUT2D eigenvalue weighted by molar-refractivity contribution is 5.98. The second-order valence-corrected chi connectivity index (χ2v) is 5.76. The van der Waals surface area contributed by atoms with Gasteiger partial charge in [0.25, 0.3) is 5.91 Å². The van der Waals surface area contributed by atoms with Crippen molar-refractivity contribution in [2.75, 3.05) is 37.7 Å². The second kappa shape index (κ2) is 7.40. The molecule has 2 aromatic rings. The first-order chi connectivity index (χ1) is 11.7. The van der Waals surface area contributed by atoms with Gasteiger partial charge in [0.15, 0.2) is 5.82 Å². The highest BCUT2D eigenvalue weighted by Crippen LogP contribution is 2.23. The number of hydrogen-bond acceptors (Lipinski definition) is 5. The minimum atomic E-state index is -0.144. The lowest BCUT2D eigenvalue weighted by atomic mass is 10.1. The topological polar surface area (TPSA) is 67.4 Å². The molecule has 1 saturated heterocycles. The maximum atomic E-state index is 12.4. The van der Waals surface area contributed by atoms with Gasteiger partial charge in [0, 0.05) is 31.4 Å². The van der Waals surface area contributed by atoms with Gasteiger partial charge in [-0.2, -0.15) is 0 Å². The van der Waals surface area contributed by atoms with Gasteiger partial charge in [0.1, 0.15) is 11.4 Å². The molecule has 2 heterocycles. The van der Waals surface area contributed by atoms with Crippen molar-refractivity contribution >= 4 is 11.7 Å². The van der Waals surface area contributed by atoms with Crippen LogP contribution >= 0.6 is 0 Å². The molecule has 0 bridgehead atoms. The molecule has 1 aromatic carbocycles. The third-order valence-electron chi connectivity index (χ3n) is 3.94. The molecule has 1 aliphatic rings. The Balaban J connectivity index is 2.02. The molecule has 1 aromatic heterocycles. The van der Waals surface area contributed by atoms with Gasteiger partial charge in [0.05, 0.1) is 13.2 Å². The van der Waals surface area contributed by atoms with Gasteiger partial charge in [-0.1, -0.05) is 23.8 Å². The third-order valence-corrected chi connectivity index (χ3v) is 3.94. The van der Waals surface area contributed by atoms with E-state index in [1.807, 2.05) is 38.1 Å². The Kier molecular flexibility index (Phi) is 5.05. The molecule has 0 saturated carbocycles. The number of rotatable bonds is 4. The summed E-state index contributed by atoms with van der Waals surface area (Å²) < 4.78 is 5.41. The molecule has 0 radical (unpaired) electrons. The lowest BCUT2D eigenvalue weighted by molar-refractivity contribution is 0.0953. The predicted molar refractivity (Wildman–Crippen MR) is 93.2 cm³/mol. The smallest absolute Gasteiger partial charge is 0.256 e. The molecule has 1 amide bonds. The van der Waals surface area contributed by atoms with Crippen LogP contribution < -0.4 is 10.2 Å². The van der Waals surface area contributed by atoms with Crippen LogP contribution in [-0.2, 0) is 4.74 Å². The molecule has 1 fully saturated rings. The number of ether oxygens (including phenoxy) is 1. The standard InChI is InChI=1S/C18H22N4O2/c1-3-19-18(23)15-12-20-16(14-6-4-5-13(2)11-14)21-17(15)22-7-9-24-10-8-22/h4-6,11-12H,3,7-10H2,1-2H3,(H,19,23). The van der Waals surface area contributed by atoms with Gasteiger partial charge < -0.3 is 15.0 Å². The summed E-state index contributed by atoms with van der Waals surface area (Å²) in [5, 5.41) is 2.83. The van der Waals surface area contributed by atoms with Crippen LogP contribution in [0.25, 0.3) is 11.4 Å². The fourth-order valence-electron chi connectivity index (χ4n) is 2.73. The van der Waals surface area contributed by atoms with E-state index in [1.165, 1.54) is 0 Å². The zero-order valence-corrected chi connectivity index (χ0v) is 14.1. The molecule has 24 heavy (non-hydrogen) atoms.